The molecule has 0 aliphatic heterocycles. The average Bonchev–Trinajstić information content (AvgIpc) is 2.28. The Labute approximate surface area is 123 Å². The van der Waals surface area contributed by atoms with Gasteiger partial charge in [0.05, 0.1) is 0 Å². The molecule has 0 radical (unpaired) electrons. The lowest BCUT2D eigenvalue weighted by Crippen LogP contribution is -2.19. The Morgan fingerprint density at radius 2 is 2.05 bits per heavy atom. The van der Waals surface area contributed by atoms with Gasteiger partial charge in [-0.05, 0) is 24.6 Å². The lowest BCUT2D eigenvalue weighted by molar-refractivity contribution is -0.173. The number of alkyl halides is 3. The third-order valence-electron chi connectivity index (χ3n) is 2.38. The zero-order chi connectivity index (χ0) is 15.5. The predicted molar refractivity (Wildman–Crippen MR) is 69.5 cm³/mol. The molecular formula is C13H9Cl2F3O2. The number of ether oxygens (including phenoxy) is 1. The molecule has 0 saturated heterocycles. The predicted octanol–water partition coefficient (Wildman–Crippen LogP) is 4.47. The molecule has 20 heavy (non-hydrogen) atoms. The van der Waals surface area contributed by atoms with Crippen LogP contribution in [0, 0.1) is 19.3 Å². The van der Waals surface area contributed by atoms with Crippen molar-refractivity contribution in [3.05, 3.63) is 33.3 Å². The first-order chi connectivity index (χ1) is 9.14. The van der Waals surface area contributed by atoms with Crippen molar-refractivity contribution in [2.75, 3.05) is 0 Å². The second kappa shape index (κ2) is 6.38. The molecule has 7 heteroatoms. The number of terminal acetylenes is 1. The van der Waals surface area contributed by atoms with E-state index < -0.39 is 24.7 Å². The largest absolute Gasteiger partial charge is 0.444 e. The minimum absolute atomic E-state index is 0.239. The van der Waals surface area contributed by atoms with E-state index >= 15 is 0 Å². The van der Waals surface area contributed by atoms with Gasteiger partial charge in [-0.2, -0.15) is 13.2 Å². The summed E-state index contributed by atoms with van der Waals surface area (Å²) in [4.78, 5) is 11.2. The zero-order valence-electron chi connectivity index (χ0n) is 10.2. The summed E-state index contributed by atoms with van der Waals surface area (Å²) in [6.45, 7) is 1.59. The van der Waals surface area contributed by atoms with Crippen molar-refractivity contribution >= 4 is 29.2 Å². The number of benzene rings is 1. The maximum atomic E-state index is 12.1. The van der Waals surface area contributed by atoms with Gasteiger partial charge < -0.3 is 4.74 Å². The van der Waals surface area contributed by atoms with Crippen LogP contribution in [0.25, 0.3) is 0 Å². The topological polar surface area (TPSA) is 26.3 Å². The highest BCUT2D eigenvalue weighted by molar-refractivity contribution is 6.35. The normalized spacial score (nSPS) is 12.7. The van der Waals surface area contributed by atoms with E-state index in [0.29, 0.717) is 5.56 Å². The Morgan fingerprint density at radius 3 is 2.55 bits per heavy atom. The van der Waals surface area contributed by atoms with Gasteiger partial charge in [-0.1, -0.05) is 29.1 Å². The molecule has 1 aromatic carbocycles. The fraction of sp³-hybridized carbons (Fsp3) is 0.308. The molecule has 0 amide bonds. The molecule has 0 saturated carbocycles. The van der Waals surface area contributed by atoms with Gasteiger partial charge in [-0.15, -0.1) is 6.42 Å². The Bertz CT molecular complexity index is 562. The van der Waals surface area contributed by atoms with Crippen LogP contribution in [-0.4, -0.2) is 12.1 Å². The molecule has 2 nitrogen and oxygen atoms in total. The summed E-state index contributed by atoms with van der Waals surface area (Å²) in [5, 5.41) is 0.516. The molecule has 0 aliphatic carbocycles. The number of carbonyl (C=O) groups excluding carboxylic acids is 1. The van der Waals surface area contributed by atoms with Gasteiger partial charge in [0.15, 0.2) is 6.10 Å². The molecule has 1 rings (SSSR count). The summed E-state index contributed by atoms with van der Waals surface area (Å²) in [5.74, 6) is 0.641. The molecule has 1 atom stereocenters. The highest BCUT2D eigenvalue weighted by Crippen LogP contribution is 2.31. The Balaban J connectivity index is 2.99. The Kier molecular flexibility index (Phi) is 5.32. The molecule has 1 unspecified atom stereocenters. The molecular weight excluding hydrogens is 316 g/mol. The molecule has 108 valence electrons. The Morgan fingerprint density at radius 1 is 1.45 bits per heavy atom. The number of rotatable bonds is 3. The third-order valence-corrected chi connectivity index (χ3v) is 2.99. The van der Waals surface area contributed by atoms with Crippen LogP contribution in [0.3, 0.4) is 0 Å². The van der Waals surface area contributed by atoms with E-state index in [1.807, 2.05) is 0 Å². The second-order valence-electron chi connectivity index (χ2n) is 3.93. The number of hydrogen-bond acceptors (Lipinski definition) is 2. The number of hydrogen-bond donors (Lipinski definition) is 0. The average molecular weight is 325 g/mol. The Hall–Kier alpha value is -1.38. The molecule has 0 aromatic heterocycles. The zero-order valence-corrected chi connectivity index (χ0v) is 11.7. The van der Waals surface area contributed by atoms with E-state index in [1.54, 1.807) is 6.92 Å². The van der Waals surface area contributed by atoms with E-state index in [0.717, 1.165) is 0 Å². The molecule has 0 N–H and O–H groups in total. The lowest BCUT2D eigenvalue weighted by atomic mass is 10.0. The molecule has 0 fully saturated rings. The van der Waals surface area contributed by atoms with Crippen LogP contribution >= 0.6 is 23.2 Å². The summed E-state index contributed by atoms with van der Waals surface area (Å²) in [6, 6.07) is 2.85. The van der Waals surface area contributed by atoms with Crippen LogP contribution in [0.2, 0.25) is 10.0 Å². The molecule has 0 heterocycles. The maximum Gasteiger partial charge on any atom is 0.399 e. The maximum absolute atomic E-state index is 12.1. The van der Waals surface area contributed by atoms with Crippen LogP contribution in [-0.2, 0) is 9.53 Å². The van der Waals surface area contributed by atoms with Gasteiger partial charge in [0.2, 0.25) is 0 Å². The van der Waals surface area contributed by atoms with Gasteiger partial charge >= 0.3 is 12.1 Å². The lowest BCUT2D eigenvalue weighted by Gasteiger charge is -2.17. The first kappa shape index (κ1) is 16.7. The van der Waals surface area contributed by atoms with E-state index in [1.165, 1.54) is 12.1 Å². The van der Waals surface area contributed by atoms with Crippen molar-refractivity contribution in [1.82, 2.24) is 0 Å². The van der Waals surface area contributed by atoms with Crippen molar-refractivity contribution in [1.29, 1.82) is 0 Å². The highest BCUT2D eigenvalue weighted by atomic mass is 35.5. The van der Waals surface area contributed by atoms with Gasteiger partial charge in [-0.25, -0.2) is 0 Å². The van der Waals surface area contributed by atoms with Gasteiger partial charge in [0.1, 0.15) is 6.42 Å². The molecule has 0 spiro atoms. The van der Waals surface area contributed by atoms with Crippen molar-refractivity contribution in [2.45, 2.75) is 25.6 Å². The van der Waals surface area contributed by atoms with Gasteiger partial charge in [0, 0.05) is 15.6 Å². The van der Waals surface area contributed by atoms with Gasteiger partial charge in [-0.3, -0.25) is 4.79 Å². The summed E-state index contributed by atoms with van der Waals surface area (Å²) >= 11 is 11.7. The van der Waals surface area contributed by atoms with Crippen LogP contribution < -0.4 is 0 Å². The number of esters is 1. The molecule has 0 aliphatic rings. The minimum atomic E-state index is -4.66. The summed E-state index contributed by atoms with van der Waals surface area (Å²) in [7, 11) is 0. The van der Waals surface area contributed by atoms with Crippen LogP contribution in [0.1, 0.15) is 23.7 Å². The fourth-order valence-electron chi connectivity index (χ4n) is 1.46. The fourth-order valence-corrected chi connectivity index (χ4v) is 1.97. The first-order valence-corrected chi connectivity index (χ1v) is 6.07. The summed E-state index contributed by atoms with van der Waals surface area (Å²) in [6.07, 6.45) is -2.45. The molecule has 1 aromatic rings. The van der Waals surface area contributed by atoms with E-state index in [2.05, 4.69) is 10.7 Å². The second-order valence-corrected chi connectivity index (χ2v) is 4.77. The first-order valence-electron chi connectivity index (χ1n) is 5.32. The minimum Gasteiger partial charge on any atom is -0.444 e. The van der Waals surface area contributed by atoms with E-state index in [9.17, 15) is 18.0 Å². The highest BCUT2D eigenvalue weighted by Gasteiger charge is 2.33. The van der Waals surface area contributed by atoms with Crippen molar-refractivity contribution in [2.24, 2.45) is 0 Å². The molecule has 0 bridgehead atoms. The monoisotopic (exact) mass is 324 g/mol. The number of halogens is 5. The van der Waals surface area contributed by atoms with E-state index in [4.69, 9.17) is 29.6 Å². The van der Waals surface area contributed by atoms with Crippen LogP contribution in [0.15, 0.2) is 12.1 Å². The third kappa shape index (κ3) is 4.62. The smallest absolute Gasteiger partial charge is 0.399 e. The van der Waals surface area contributed by atoms with Crippen molar-refractivity contribution in [3.63, 3.8) is 0 Å². The SMILES string of the molecule is C#CC(OC(=O)CC(F)(F)F)c1cc(Cl)cc(Cl)c1C. The summed E-state index contributed by atoms with van der Waals surface area (Å²) in [5.41, 5.74) is 0.763. The van der Waals surface area contributed by atoms with Crippen molar-refractivity contribution < 1.29 is 22.7 Å². The quantitative estimate of drug-likeness (QED) is 0.605. The van der Waals surface area contributed by atoms with Crippen LogP contribution in [0.4, 0.5) is 13.2 Å². The van der Waals surface area contributed by atoms with Crippen molar-refractivity contribution in [3.8, 4) is 12.3 Å². The van der Waals surface area contributed by atoms with Crippen LogP contribution in [0.5, 0.6) is 0 Å². The standard InChI is InChI=1S/C13H9Cl2F3O2/c1-3-11(20-12(19)6-13(16,17)18)9-4-8(14)5-10(15)7(9)2/h1,4-5,11H,6H2,2H3. The van der Waals surface area contributed by atoms with E-state index in [-0.39, 0.29) is 15.6 Å². The summed E-state index contributed by atoms with van der Waals surface area (Å²) < 4.78 is 40.9. The van der Waals surface area contributed by atoms with Gasteiger partial charge in [0.25, 0.3) is 0 Å². The number of carbonyl (C=O) groups is 1.